The number of imidazole rings is 1. The molecule has 2 N–H and O–H groups in total. The van der Waals surface area contributed by atoms with Crippen LogP contribution in [0.15, 0.2) is 55.0 Å². The lowest BCUT2D eigenvalue weighted by Crippen LogP contribution is -2.10. The molecule has 2 heterocycles. The van der Waals surface area contributed by atoms with Gasteiger partial charge in [0.05, 0.1) is 11.2 Å². The lowest BCUT2D eigenvalue weighted by molar-refractivity contribution is 0.0964. The van der Waals surface area contributed by atoms with E-state index >= 15 is 0 Å². The van der Waals surface area contributed by atoms with Gasteiger partial charge in [-0.2, -0.15) is 0 Å². The number of anilines is 1. The van der Waals surface area contributed by atoms with E-state index < -0.39 is 0 Å². The Labute approximate surface area is 126 Å². The van der Waals surface area contributed by atoms with Crippen LogP contribution in [0.3, 0.4) is 0 Å². The molecule has 22 heavy (non-hydrogen) atoms. The number of aromatic nitrogens is 3. The van der Waals surface area contributed by atoms with Crippen molar-refractivity contribution < 1.29 is 4.79 Å². The van der Waals surface area contributed by atoms with E-state index in [-0.39, 0.29) is 5.91 Å². The van der Waals surface area contributed by atoms with Crippen LogP contribution in [0.1, 0.15) is 10.4 Å². The monoisotopic (exact) mass is 290 g/mol. The minimum absolute atomic E-state index is 0.112. The van der Waals surface area contributed by atoms with Gasteiger partial charge in [-0.3, -0.25) is 9.36 Å². The van der Waals surface area contributed by atoms with Crippen molar-refractivity contribution in [2.75, 3.05) is 5.73 Å². The Morgan fingerprint density at radius 2 is 2.00 bits per heavy atom. The highest BCUT2D eigenvalue weighted by molar-refractivity contribution is 6.04. The normalized spacial score (nSPS) is 11.3. The number of nitrogens with zero attached hydrogens (tertiary/aromatic N) is 3. The van der Waals surface area contributed by atoms with Crippen LogP contribution in [0, 0.1) is 0 Å². The van der Waals surface area contributed by atoms with Gasteiger partial charge >= 0.3 is 0 Å². The van der Waals surface area contributed by atoms with Gasteiger partial charge in [0.25, 0.3) is 5.91 Å². The summed E-state index contributed by atoms with van der Waals surface area (Å²) in [5.74, 6) is -0.112. The van der Waals surface area contributed by atoms with Gasteiger partial charge in [0.2, 0.25) is 0 Å². The number of aryl methyl sites for hydroxylation is 1. The molecule has 4 aromatic rings. The highest BCUT2D eigenvalue weighted by Gasteiger charge is 2.14. The number of hydrogen-bond donors (Lipinski definition) is 1. The van der Waals surface area contributed by atoms with E-state index in [4.69, 9.17) is 5.73 Å². The first-order valence-corrected chi connectivity index (χ1v) is 6.96. The summed E-state index contributed by atoms with van der Waals surface area (Å²) < 4.78 is 3.56. The molecule has 2 aromatic carbocycles. The van der Waals surface area contributed by atoms with Crippen molar-refractivity contribution in [2.24, 2.45) is 7.05 Å². The van der Waals surface area contributed by atoms with Crippen molar-refractivity contribution in [3.05, 3.63) is 60.6 Å². The summed E-state index contributed by atoms with van der Waals surface area (Å²) in [4.78, 5) is 17.0. The van der Waals surface area contributed by atoms with Crippen molar-refractivity contribution in [3.8, 4) is 0 Å². The topological polar surface area (TPSA) is 65.8 Å². The molecule has 0 bridgehead atoms. The third-order valence-electron chi connectivity index (χ3n) is 3.96. The Hall–Kier alpha value is -3.08. The summed E-state index contributed by atoms with van der Waals surface area (Å²) in [6.07, 6.45) is 3.50. The van der Waals surface area contributed by atoms with Crippen LogP contribution in [0.4, 0.5) is 5.69 Å². The summed E-state index contributed by atoms with van der Waals surface area (Å²) in [7, 11) is 1.98. The molecular formula is C17H14N4O. The minimum atomic E-state index is -0.112. The number of fused-ring (bicyclic) bond motifs is 2. The minimum Gasteiger partial charge on any atom is -0.397 e. The summed E-state index contributed by atoms with van der Waals surface area (Å²) in [6, 6.07) is 13.1. The van der Waals surface area contributed by atoms with Crippen LogP contribution < -0.4 is 5.73 Å². The van der Waals surface area contributed by atoms with Gasteiger partial charge < -0.3 is 10.3 Å². The number of rotatable bonds is 1. The van der Waals surface area contributed by atoms with Gasteiger partial charge in [-0.05, 0) is 36.4 Å². The van der Waals surface area contributed by atoms with E-state index in [2.05, 4.69) is 4.98 Å². The fourth-order valence-corrected chi connectivity index (χ4v) is 2.78. The Balaban J connectivity index is 1.86. The molecule has 0 atom stereocenters. The van der Waals surface area contributed by atoms with Gasteiger partial charge in [-0.25, -0.2) is 4.98 Å². The van der Waals surface area contributed by atoms with Crippen LogP contribution in [0.25, 0.3) is 21.9 Å². The number of carbonyl (C=O) groups excluding carboxylic acids is 1. The number of hydrogen-bond acceptors (Lipinski definition) is 3. The van der Waals surface area contributed by atoms with Gasteiger partial charge in [-0.15, -0.1) is 0 Å². The molecule has 108 valence electrons. The fraction of sp³-hybridized carbons (Fsp3) is 0.0588. The van der Waals surface area contributed by atoms with E-state index in [0.29, 0.717) is 16.8 Å². The smallest absolute Gasteiger partial charge is 0.263 e. The molecule has 0 amide bonds. The Kier molecular flexibility index (Phi) is 2.56. The average molecular weight is 290 g/mol. The molecule has 0 aliphatic heterocycles. The second kappa shape index (κ2) is 4.46. The van der Waals surface area contributed by atoms with E-state index in [1.807, 2.05) is 54.2 Å². The molecule has 5 heteroatoms. The Bertz CT molecular complexity index is 1030. The molecule has 0 aliphatic carbocycles. The van der Waals surface area contributed by atoms with Crippen LogP contribution >= 0.6 is 0 Å². The first kappa shape index (κ1) is 12.6. The SMILES string of the molecule is Cn1ccc2cc(C(=O)n3cnc4c(N)cccc43)ccc21. The zero-order chi connectivity index (χ0) is 15.3. The number of para-hydroxylation sites is 1. The molecule has 4 rings (SSSR count). The molecular weight excluding hydrogens is 276 g/mol. The molecule has 0 radical (unpaired) electrons. The molecule has 0 spiro atoms. The highest BCUT2D eigenvalue weighted by Crippen LogP contribution is 2.22. The maximum Gasteiger partial charge on any atom is 0.263 e. The fourth-order valence-electron chi connectivity index (χ4n) is 2.78. The summed E-state index contributed by atoms with van der Waals surface area (Å²) in [5, 5.41) is 1.04. The first-order chi connectivity index (χ1) is 10.6. The maximum absolute atomic E-state index is 12.8. The summed E-state index contributed by atoms with van der Waals surface area (Å²) >= 11 is 0. The molecule has 5 nitrogen and oxygen atoms in total. The third-order valence-corrected chi connectivity index (χ3v) is 3.96. The average Bonchev–Trinajstić information content (AvgIpc) is 3.11. The molecule has 2 aromatic heterocycles. The van der Waals surface area contributed by atoms with Crippen LogP contribution in [0.2, 0.25) is 0 Å². The van der Waals surface area contributed by atoms with Gasteiger partial charge in [-0.1, -0.05) is 6.07 Å². The number of nitrogens with two attached hydrogens (primary N) is 1. The number of benzene rings is 2. The predicted octanol–water partition coefficient (Wildman–Crippen LogP) is 2.80. The van der Waals surface area contributed by atoms with E-state index in [9.17, 15) is 4.79 Å². The highest BCUT2D eigenvalue weighted by atomic mass is 16.2. The largest absolute Gasteiger partial charge is 0.397 e. The van der Waals surface area contributed by atoms with E-state index in [0.717, 1.165) is 16.4 Å². The number of nitrogen functional groups attached to an aromatic ring is 1. The predicted molar refractivity (Wildman–Crippen MR) is 86.8 cm³/mol. The first-order valence-electron chi connectivity index (χ1n) is 6.96. The van der Waals surface area contributed by atoms with Crippen molar-refractivity contribution in [1.29, 1.82) is 0 Å². The lowest BCUT2D eigenvalue weighted by Gasteiger charge is -2.04. The Morgan fingerprint density at radius 3 is 2.86 bits per heavy atom. The quantitative estimate of drug-likeness (QED) is 0.548. The maximum atomic E-state index is 12.8. The van der Waals surface area contributed by atoms with Gasteiger partial charge in [0.15, 0.2) is 0 Å². The molecule has 0 saturated carbocycles. The van der Waals surface area contributed by atoms with E-state index in [1.54, 1.807) is 6.07 Å². The second-order valence-electron chi connectivity index (χ2n) is 5.33. The van der Waals surface area contributed by atoms with Gasteiger partial charge in [0.1, 0.15) is 11.8 Å². The van der Waals surface area contributed by atoms with Crippen molar-refractivity contribution >= 4 is 33.5 Å². The third kappa shape index (κ3) is 1.72. The zero-order valence-corrected chi connectivity index (χ0v) is 12.0. The molecule has 0 unspecified atom stereocenters. The zero-order valence-electron chi connectivity index (χ0n) is 12.0. The molecule has 0 fully saturated rings. The van der Waals surface area contributed by atoms with Crippen molar-refractivity contribution in [1.82, 2.24) is 14.1 Å². The standard InChI is InChI=1S/C17H14N4O/c1-20-8-7-11-9-12(5-6-14(11)20)17(22)21-10-19-16-13(18)3-2-4-15(16)21/h2-10H,18H2,1H3. The van der Waals surface area contributed by atoms with Gasteiger partial charge in [0, 0.05) is 29.7 Å². The van der Waals surface area contributed by atoms with Crippen molar-refractivity contribution in [3.63, 3.8) is 0 Å². The van der Waals surface area contributed by atoms with Crippen LogP contribution in [-0.4, -0.2) is 20.0 Å². The number of carbonyl (C=O) groups is 1. The Morgan fingerprint density at radius 1 is 1.14 bits per heavy atom. The summed E-state index contributed by atoms with van der Waals surface area (Å²) in [5.41, 5.74) is 9.56. The van der Waals surface area contributed by atoms with E-state index in [1.165, 1.54) is 10.9 Å². The van der Waals surface area contributed by atoms with Crippen molar-refractivity contribution in [2.45, 2.75) is 0 Å². The second-order valence-corrected chi connectivity index (χ2v) is 5.33. The summed E-state index contributed by atoms with van der Waals surface area (Å²) in [6.45, 7) is 0. The van der Waals surface area contributed by atoms with Crippen LogP contribution in [-0.2, 0) is 7.05 Å². The molecule has 0 saturated heterocycles. The molecule has 0 aliphatic rings. The van der Waals surface area contributed by atoms with Crippen LogP contribution in [0.5, 0.6) is 0 Å². The lowest BCUT2D eigenvalue weighted by atomic mass is 10.1.